The van der Waals surface area contributed by atoms with Crippen molar-refractivity contribution < 1.29 is 4.39 Å². The van der Waals surface area contributed by atoms with Crippen LogP contribution in [0.25, 0.3) is 0 Å². The number of nitrogens with zero attached hydrogens (tertiary/aromatic N) is 3. The molecule has 0 aliphatic rings. The Hall–Kier alpha value is -2.84. The highest BCUT2D eigenvalue weighted by molar-refractivity contribution is 7.80. The van der Waals surface area contributed by atoms with E-state index in [1.807, 2.05) is 0 Å². The zero-order valence-electron chi connectivity index (χ0n) is 13.5. The number of thiocarbonyl (C=S) groups is 1. The highest BCUT2D eigenvalue weighted by Gasteiger charge is 2.15. The molecule has 3 rings (SSSR count). The highest BCUT2D eigenvalue weighted by atomic mass is 35.5. The van der Waals surface area contributed by atoms with E-state index >= 15 is 0 Å². The Morgan fingerprint density at radius 1 is 1.19 bits per heavy atom. The molecule has 9 heteroatoms. The van der Waals surface area contributed by atoms with Crippen molar-refractivity contribution in [1.82, 2.24) is 9.78 Å². The van der Waals surface area contributed by atoms with Gasteiger partial charge in [0.25, 0.3) is 0 Å². The summed E-state index contributed by atoms with van der Waals surface area (Å²) in [6, 6.07) is 12.7. The number of benzene rings is 2. The van der Waals surface area contributed by atoms with E-state index in [9.17, 15) is 9.18 Å². The predicted octanol–water partition coefficient (Wildman–Crippen LogP) is 4.94. The fraction of sp³-hybridized carbons (Fsp3) is 0.0588. The molecule has 6 nitrogen and oxygen atoms in total. The number of aryl methyl sites for hydroxylation is 1. The van der Waals surface area contributed by atoms with Crippen molar-refractivity contribution >= 4 is 46.0 Å². The van der Waals surface area contributed by atoms with Gasteiger partial charge in [-0.1, -0.05) is 23.7 Å². The molecule has 3 aromatic rings. The van der Waals surface area contributed by atoms with Gasteiger partial charge in [0.1, 0.15) is 5.82 Å². The van der Waals surface area contributed by atoms with E-state index in [-0.39, 0.29) is 16.5 Å². The smallest absolute Gasteiger partial charge is 0.301 e. The van der Waals surface area contributed by atoms with Crippen LogP contribution in [0.1, 0.15) is 5.69 Å². The second-order valence-corrected chi connectivity index (χ2v) is 6.14. The second kappa shape index (κ2) is 7.59. The maximum absolute atomic E-state index is 13.7. The van der Waals surface area contributed by atoms with Crippen molar-refractivity contribution in [2.45, 2.75) is 6.92 Å². The molecule has 0 fully saturated rings. The van der Waals surface area contributed by atoms with Crippen molar-refractivity contribution in [2.24, 2.45) is 10.2 Å². The van der Waals surface area contributed by atoms with Crippen molar-refractivity contribution in [2.75, 3.05) is 5.32 Å². The van der Waals surface area contributed by atoms with Gasteiger partial charge in [0.2, 0.25) is 0 Å². The van der Waals surface area contributed by atoms with Gasteiger partial charge in [-0.15, -0.1) is 5.11 Å². The first-order valence-corrected chi connectivity index (χ1v) is 8.29. The number of aromatic amines is 1. The van der Waals surface area contributed by atoms with E-state index in [1.165, 1.54) is 12.1 Å². The summed E-state index contributed by atoms with van der Waals surface area (Å²) < 4.78 is 14.8. The number of hydrogen-bond acceptors (Lipinski definition) is 4. The Bertz CT molecular complexity index is 1040. The highest BCUT2D eigenvalue weighted by Crippen LogP contribution is 2.20. The van der Waals surface area contributed by atoms with E-state index in [1.54, 1.807) is 43.3 Å². The number of para-hydroxylation sites is 1. The fourth-order valence-corrected chi connectivity index (χ4v) is 2.51. The van der Waals surface area contributed by atoms with Crippen LogP contribution in [0, 0.1) is 12.7 Å². The molecular weight excluding hydrogens is 377 g/mol. The number of hydrogen-bond donors (Lipinski definition) is 2. The third kappa shape index (κ3) is 3.87. The minimum absolute atomic E-state index is 0.00357. The molecule has 26 heavy (non-hydrogen) atoms. The lowest BCUT2D eigenvalue weighted by Crippen LogP contribution is -2.29. The molecule has 1 heterocycles. The Labute approximate surface area is 158 Å². The summed E-state index contributed by atoms with van der Waals surface area (Å²) in [5, 5.41) is 14.1. The maximum Gasteiger partial charge on any atom is 0.301 e. The molecule has 0 spiro atoms. The number of H-pyrrole nitrogens is 1. The summed E-state index contributed by atoms with van der Waals surface area (Å²) in [5.74, 6) is -0.478. The van der Waals surface area contributed by atoms with Gasteiger partial charge in [0.05, 0.1) is 17.1 Å². The normalized spacial score (nSPS) is 11.0. The SMILES string of the molecule is Cc1[nH]n(C(=S)Nc2ccccc2F)c(=O)c1N=Nc1ccc(Cl)cc1. The molecule has 1 aromatic heterocycles. The first-order valence-electron chi connectivity index (χ1n) is 7.50. The zero-order chi connectivity index (χ0) is 18.7. The number of aromatic nitrogens is 2. The van der Waals surface area contributed by atoms with Crippen molar-refractivity contribution in [3.8, 4) is 0 Å². The molecular formula is C17H13ClFN5OS. The molecule has 0 bridgehead atoms. The standard InChI is InChI=1S/C17H13ClFN5OS/c1-10-15(22-21-12-8-6-11(18)7-9-12)16(25)24(23-10)17(26)20-14-5-3-2-4-13(14)19/h2-9,23H,1H3,(H,20,26). The Morgan fingerprint density at radius 2 is 1.88 bits per heavy atom. The Morgan fingerprint density at radius 3 is 2.58 bits per heavy atom. The molecule has 132 valence electrons. The molecule has 0 saturated heterocycles. The van der Waals surface area contributed by atoms with Crippen LogP contribution in [-0.4, -0.2) is 14.9 Å². The first-order chi connectivity index (χ1) is 12.5. The molecule has 0 amide bonds. The lowest BCUT2D eigenvalue weighted by Gasteiger charge is -2.08. The second-order valence-electron chi connectivity index (χ2n) is 5.31. The van der Waals surface area contributed by atoms with E-state index in [4.69, 9.17) is 23.8 Å². The monoisotopic (exact) mass is 389 g/mol. The van der Waals surface area contributed by atoms with Crippen LogP contribution in [0.15, 0.2) is 63.6 Å². The number of anilines is 1. The van der Waals surface area contributed by atoms with Crippen LogP contribution in [0.5, 0.6) is 0 Å². The summed E-state index contributed by atoms with van der Waals surface area (Å²) in [6.45, 7) is 1.67. The van der Waals surface area contributed by atoms with Crippen molar-refractivity contribution in [3.05, 3.63) is 75.4 Å². The molecule has 0 atom stereocenters. The summed E-state index contributed by atoms with van der Waals surface area (Å²) in [5.41, 5.74) is 0.811. The molecule has 0 unspecified atom stereocenters. The maximum atomic E-state index is 13.7. The summed E-state index contributed by atoms with van der Waals surface area (Å²) in [4.78, 5) is 12.5. The van der Waals surface area contributed by atoms with Gasteiger partial charge < -0.3 is 5.32 Å². The van der Waals surface area contributed by atoms with Gasteiger partial charge in [-0.25, -0.2) is 4.39 Å². The number of halogens is 2. The van der Waals surface area contributed by atoms with Gasteiger partial charge in [-0.3, -0.25) is 9.89 Å². The van der Waals surface area contributed by atoms with Gasteiger partial charge in [0.15, 0.2) is 10.8 Å². The molecule has 0 saturated carbocycles. The number of azo groups is 1. The van der Waals surface area contributed by atoms with E-state index in [2.05, 4.69) is 20.6 Å². The Balaban J connectivity index is 1.86. The third-order valence-corrected chi connectivity index (χ3v) is 3.99. The van der Waals surface area contributed by atoms with Crippen LogP contribution in [-0.2, 0) is 0 Å². The molecule has 0 radical (unpaired) electrons. The summed E-state index contributed by atoms with van der Waals surface area (Å²) in [6.07, 6.45) is 0. The average Bonchev–Trinajstić information content (AvgIpc) is 2.91. The van der Waals surface area contributed by atoms with E-state index in [0.717, 1.165) is 4.68 Å². The molecule has 2 aromatic carbocycles. The molecule has 0 aliphatic carbocycles. The lowest BCUT2D eigenvalue weighted by atomic mass is 10.3. The predicted molar refractivity (Wildman–Crippen MR) is 103 cm³/mol. The van der Waals surface area contributed by atoms with Crippen LogP contribution in [0.4, 0.5) is 21.5 Å². The summed E-state index contributed by atoms with van der Waals surface area (Å²) in [7, 11) is 0. The van der Waals surface area contributed by atoms with Crippen LogP contribution >= 0.6 is 23.8 Å². The first kappa shape index (κ1) is 18.0. The lowest BCUT2D eigenvalue weighted by molar-refractivity contribution is 0.632. The van der Waals surface area contributed by atoms with E-state index in [0.29, 0.717) is 16.4 Å². The van der Waals surface area contributed by atoms with Gasteiger partial charge in [-0.05, 0) is 55.5 Å². The fourth-order valence-electron chi connectivity index (χ4n) is 2.15. The Kier molecular flexibility index (Phi) is 5.24. The number of nitrogens with one attached hydrogen (secondary N) is 2. The zero-order valence-corrected chi connectivity index (χ0v) is 15.1. The summed E-state index contributed by atoms with van der Waals surface area (Å²) >= 11 is 11.0. The van der Waals surface area contributed by atoms with Gasteiger partial charge in [0, 0.05) is 5.02 Å². The van der Waals surface area contributed by atoms with Crippen LogP contribution in [0.2, 0.25) is 5.02 Å². The topological polar surface area (TPSA) is 74.5 Å². The largest absolute Gasteiger partial charge is 0.328 e. The van der Waals surface area contributed by atoms with Gasteiger partial charge >= 0.3 is 5.56 Å². The van der Waals surface area contributed by atoms with Gasteiger partial charge in [-0.2, -0.15) is 9.80 Å². The van der Waals surface area contributed by atoms with E-state index < -0.39 is 11.4 Å². The van der Waals surface area contributed by atoms with Crippen molar-refractivity contribution in [1.29, 1.82) is 0 Å². The van der Waals surface area contributed by atoms with Crippen LogP contribution < -0.4 is 10.9 Å². The minimum atomic E-state index is -0.492. The number of rotatable bonds is 3. The third-order valence-electron chi connectivity index (χ3n) is 3.45. The molecule has 0 aliphatic heterocycles. The van der Waals surface area contributed by atoms with Crippen molar-refractivity contribution in [3.63, 3.8) is 0 Å². The molecule has 2 N–H and O–H groups in total. The minimum Gasteiger partial charge on any atom is -0.328 e. The van der Waals surface area contributed by atoms with Crippen LogP contribution in [0.3, 0.4) is 0 Å². The average molecular weight is 390 g/mol. The quantitative estimate of drug-likeness (QED) is 0.492.